The van der Waals surface area contributed by atoms with E-state index in [1.54, 1.807) is 0 Å². The van der Waals surface area contributed by atoms with Gasteiger partial charge in [-0.1, -0.05) is 6.92 Å². The number of piperidine rings is 1. The van der Waals surface area contributed by atoms with E-state index < -0.39 is 5.60 Å². The van der Waals surface area contributed by atoms with E-state index in [2.05, 4.69) is 13.8 Å². The zero-order chi connectivity index (χ0) is 18.7. The van der Waals surface area contributed by atoms with Gasteiger partial charge >= 0.3 is 0 Å². The van der Waals surface area contributed by atoms with Gasteiger partial charge in [-0.25, -0.2) is 0 Å². The van der Waals surface area contributed by atoms with Gasteiger partial charge in [0.15, 0.2) is 0 Å². The standard InChI is InChI=1S/C22H37NO3/c1-20(26)10-11-21(2)15(13-20)6-7-16-17(21)8-9-22(3)18(16)5-4-12-23(22)19(25)14-24/h15-18,24,26H,4-14H2,1-3H3/t15-,16+,17-,18-,20+,21-,22-/m0/s1. The molecule has 0 bridgehead atoms. The molecule has 1 heterocycles. The van der Waals surface area contributed by atoms with Gasteiger partial charge in [-0.2, -0.15) is 0 Å². The number of hydrogen-bond donors (Lipinski definition) is 2. The number of carbonyl (C=O) groups is 1. The van der Waals surface area contributed by atoms with Gasteiger partial charge in [0.2, 0.25) is 5.91 Å². The Hall–Kier alpha value is -0.610. The van der Waals surface area contributed by atoms with Gasteiger partial charge in [0.25, 0.3) is 0 Å². The fraction of sp³-hybridized carbons (Fsp3) is 0.955. The van der Waals surface area contributed by atoms with E-state index in [0.717, 1.165) is 44.6 Å². The third-order valence-electron chi connectivity index (χ3n) is 9.26. The summed E-state index contributed by atoms with van der Waals surface area (Å²) in [5.41, 5.74) is -0.187. The van der Waals surface area contributed by atoms with Crippen LogP contribution < -0.4 is 0 Å². The Balaban J connectivity index is 1.61. The molecule has 0 radical (unpaired) electrons. The maximum absolute atomic E-state index is 12.4. The van der Waals surface area contributed by atoms with Crippen molar-refractivity contribution >= 4 is 5.91 Å². The smallest absolute Gasteiger partial charge is 0.248 e. The lowest BCUT2D eigenvalue weighted by Gasteiger charge is -2.64. The minimum atomic E-state index is -0.477. The monoisotopic (exact) mass is 363 g/mol. The third kappa shape index (κ3) is 2.66. The molecule has 1 amide bonds. The van der Waals surface area contributed by atoms with Gasteiger partial charge in [0.05, 0.1) is 5.60 Å². The summed E-state index contributed by atoms with van der Waals surface area (Å²) in [5, 5.41) is 20.1. The summed E-state index contributed by atoms with van der Waals surface area (Å²) in [6.45, 7) is 7.28. The average Bonchev–Trinajstić information content (AvgIpc) is 2.60. The zero-order valence-electron chi connectivity index (χ0n) is 16.8. The number of fused-ring (bicyclic) bond motifs is 5. The molecule has 0 unspecified atom stereocenters. The molecule has 4 aliphatic rings. The largest absolute Gasteiger partial charge is 0.390 e. The zero-order valence-corrected chi connectivity index (χ0v) is 16.8. The number of aliphatic hydroxyl groups excluding tert-OH is 1. The van der Waals surface area contributed by atoms with Crippen molar-refractivity contribution < 1.29 is 15.0 Å². The number of rotatable bonds is 1. The lowest BCUT2D eigenvalue weighted by Crippen LogP contribution is -2.65. The van der Waals surface area contributed by atoms with E-state index >= 15 is 0 Å². The number of likely N-dealkylation sites (tertiary alicyclic amines) is 1. The van der Waals surface area contributed by atoms with Crippen LogP contribution in [0.2, 0.25) is 0 Å². The summed E-state index contributed by atoms with van der Waals surface area (Å²) in [7, 11) is 0. The van der Waals surface area contributed by atoms with E-state index in [-0.39, 0.29) is 18.1 Å². The molecule has 3 saturated carbocycles. The molecular weight excluding hydrogens is 326 g/mol. The van der Waals surface area contributed by atoms with Crippen molar-refractivity contribution in [3.05, 3.63) is 0 Å². The molecule has 0 aromatic heterocycles. The van der Waals surface area contributed by atoms with Gasteiger partial charge in [-0.15, -0.1) is 0 Å². The first-order valence-electron chi connectivity index (χ1n) is 10.8. The number of nitrogens with zero attached hydrogens (tertiary/aromatic N) is 1. The Morgan fingerprint density at radius 3 is 2.54 bits per heavy atom. The van der Waals surface area contributed by atoms with Crippen LogP contribution in [0.25, 0.3) is 0 Å². The third-order valence-corrected chi connectivity index (χ3v) is 9.26. The van der Waals surface area contributed by atoms with Crippen molar-refractivity contribution in [3.8, 4) is 0 Å². The molecule has 1 aliphatic heterocycles. The van der Waals surface area contributed by atoms with Gasteiger partial charge in [-0.05, 0) is 101 Å². The molecule has 7 atom stereocenters. The van der Waals surface area contributed by atoms with E-state index in [1.165, 1.54) is 25.7 Å². The van der Waals surface area contributed by atoms with Gasteiger partial charge in [-0.3, -0.25) is 4.79 Å². The Morgan fingerprint density at radius 1 is 1.04 bits per heavy atom. The molecule has 0 aromatic rings. The highest BCUT2D eigenvalue weighted by molar-refractivity contribution is 5.78. The summed E-state index contributed by atoms with van der Waals surface area (Å²) >= 11 is 0. The number of hydrogen-bond acceptors (Lipinski definition) is 3. The molecule has 26 heavy (non-hydrogen) atoms. The first-order valence-corrected chi connectivity index (χ1v) is 10.8. The van der Waals surface area contributed by atoms with Crippen LogP contribution >= 0.6 is 0 Å². The van der Waals surface area contributed by atoms with Crippen molar-refractivity contribution in [1.29, 1.82) is 0 Å². The van der Waals surface area contributed by atoms with Crippen molar-refractivity contribution in [1.82, 2.24) is 4.90 Å². The van der Waals surface area contributed by atoms with Crippen LogP contribution in [0.1, 0.15) is 78.6 Å². The van der Waals surface area contributed by atoms with E-state index in [1.807, 2.05) is 11.8 Å². The summed E-state index contributed by atoms with van der Waals surface area (Å²) in [6, 6.07) is 0. The lowest BCUT2D eigenvalue weighted by molar-refractivity contribution is -0.174. The van der Waals surface area contributed by atoms with Gasteiger partial charge < -0.3 is 15.1 Å². The van der Waals surface area contributed by atoms with Crippen LogP contribution in [-0.2, 0) is 4.79 Å². The van der Waals surface area contributed by atoms with Crippen molar-refractivity contribution in [2.45, 2.75) is 89.7 Å². The quantitative estimate of drug-likeness (QED) is 0.751. The number of amides is 1. The average molecular weight is 364 g/mol. The van der Waals surface area contributed by atoms with Crippen LogP contribution in [0, 0.1) is 29.1 Å². The molecule has 4 heteroatoms. The Kier molecular flexibility index (Phi) is 4.47. The molecule has 4 rings (SSSR count). The van der Waals surface area contributed by atoms with Gasteiger partial charge in [0, 0.05) is 12.1 Å². The Bertz CT molecular complexity index is 576. The summed E-state index contributed by atoms with van der Waals surface area (Å²) in [4.78, 5) is 14.4. The topological polar surface area (TPSA) is 60.8 Å². The first-order chi connectivity index (χ1) is 12.2. The van der Waals surface area contributed by atoms with Crippen LogP contribution in [0.4, 0.5) is 0 Å². The summed E-state index contributed by atoms with van der Waals surface area (Å²) in [6.07, 6.45) is 10.1. The second-order valence-electron chi connectivity index (χ2n) is 10.6. The lowest BCUT2D eigenvalue weighted by atomic mass is 9.44. The van der Waals surface area contributed by atoms with Crippen molar-refractivity contribution in [2.24, 2.45) is 29.1 Å². The van der Waals surface area contributed by atoms with E-state index in [0.29, 0.717) is 23.2 Å². The predicted molar refractivity (Wildman–Crippen MR) is 101 cm³/mol. The SMILES string of the molecule is C[C@@]1(O)CC[C@@]2(C)[C@@H](CC[C@@H]3[C@@H]2CC[C@@]2(C)[C@H]3CCCN2C(=O)CO)C1. The minimum Gasteiger partial charge on any atom is -0.390 e. The normalized spacial score (nSPS) is 51.2. The highest BCUT2D eigenvalue weighted by atomic mass is 16.3. The fourth-order valence-electron chi connectivity index (χ4n) is 7.81. The maximum Gasteiger partial charge on any atom is 0.248 e. The molecule has 2 N–H and O–H groups in total. The second-order valence-corrected chi connectivity index (χ2v) is 10.6. The second kappa shape index (κ2) is 6.20. The Labute approximate surface area is 158 Å². The number of aliphatic hydroxyl groups is 2. The highest BCUT2D eigenvalue weighted by Gasteiger charge is 2.60. The first kappa shape index (κ1) is 18.7. The summed E-state index contributed by atoms with van der Waals surface area (Å²) in [5.74, 6) is 2.58. The molecule has 1 saturated heterocycles. The molecule has 0 spiro atoms. The Morgan fingerprint density at radius 2 is 1.81 bits per heavy atom. The minimum absolute atomic E-state index is 0.0669. The van der Waals surface area contributed by atoms with E-state index in [9.17, 15) is 15.0 Å². The molecule has 0 aromatic carbocycles. The van der Waals surface area contributed by atoms with E-state index in [4.69, 9.17) is 0 Å². The van der Waals surface area contributed by atoms with Crippen LogP contribution in [0.15, 0.2) is 0 Å². The van der Waals surface area contributed by atoms with Crippen molar-refractivity contribution in [3.63, 3.8) is 0 Å². The van der Waals surface area contributed by atoms with Gasteiger partial charge in [0.1, 0.15) is 6.61 Å². The maximum atomic E-state index is 12.4. The molecule has 4 fully saturated rings. The summed E-state index contributed by atoms with van der Waals surface area (Å²) < 4.78 is 0. The van der Waals surface area contributed by atoms with Crippen LogP contribution in [0.3, 0.4) is 0 Å². The molecule has 148 valence electrons. The van der Waals surface area contributed by atoms with Crippen LogP contribution in [-0.4, -0.2) is 45.3 Å². The van der Waals surface area contributed by atoms with Crippen molar-refractivity contribution in [2.75, 3.05) is 13.2 Å². The van der Waals surface area contributed by atoms with Crippen LogP contribution in [0.5, 0.6) is 0 Å². The molecule has 3 aliphatic carbocycles. The molecule has 4 nitrogen and oxygen atoms in total. The molecular formula is C22H37NO3. The highest BCUT2D eigenvalue weighted by Crippen LogP contribution is 2.64. The number of carbonyl (C=O) groups excluding carboxylic acids is 1. The predicted octanol–water partition coefficient (Wildman–Crippen LogP) is 3.35. The fourth-order valence-corrected chi connectivity index (χ4v) is 7.81.